The van der Waals surface area contributed by atoms with Crippen molar-refractivity contribution in [3.63, 3.8) is 0 Å². The minimum Gasteiger partial charge on any atom is -0.369 e. The van der Waals surface area contributed by atoms with E-state index < -0.39 is 0 Å². The molecule has 0 radical (unpaired) electrons. The molecule has 1 rings (SSSR count). The van der Waals surface area contributed by atoms with Gasteiger partial charge in [-0.2, -0.15) is 0 Å². The van der Waals surface area contributed by atoms with Crippen molar-refractivity contribution in [3.8, 4) is 0 Å². The molecule has 0 saturated carbocycles. The summed E-state index contributed by atoms with van der Waals surface area (Å²) in [6, 6.07) is 3.66. The fourth-order valence-electron chi connectivity index (χ4n) is 1.68. The van der Waals surface area contributed by atoms with Crippen LogP contribution in [-0.2, 0) is 0 Å². The van der Waals surface area contributed by atoms with Crippen LogP contribution in [0.3, 0.4) is 0 Å². The standard InChI is InChI=1S/C14H24N4O/c1-4-6-7-11(3)16-14(19)12-8-9-13(18-17-12)15-10-5-2/h8-9,11H,4-7,10H2,1-3H3,(H,15,18)(H,16,19). The van der Waals surface area contributed by atoms with Crippen molar-refractivity contribution in [2.45, 2.75) is 52.5 Å². The van der Waals surface area contributed by atoms with Gasteiger partial charge in [0.1, 0.15) is 5.82 Å². The molecular formula is C14H24N4O. The second kappa shape index (κ2) is 8.45. The number of hydrogen-bond acceptors (Lipinski definition) is 4. The van der Waals surface area contributed by atoms with Gasteiger partial charge in [-0.15, -0.1) is 10.2 Å². The summed E-state index contributed by atoms with van der Waals surface area (Å²) in [5.74, 6) is 0.551. The van der Waals surface area contributed by atoms with Gasteiger partial charge in [0.15, 0.2) is 5.69 Å². The molecule has 0 fully saturated rings. The molecule has 0 saturated heterocycles. The van der Waals surface area contributed by atoms with Crippen molar-refractivity contribution in [3.05, 3.63) is 17.8 Å². The first-order valence-electron chi connectivity index (χ1n) is 7.05. The van der Waals surface area contributed by atoms with E-state index in [1.807, 2.05) is 6.92 Å². The van der Waals surface area contributed by atoms with Crippen molar-refractivity contribution < 1.29 is 4.79 Å². The predicted octanol–water partition coefficient (Wildman–Crippen LogP) is 2.61. The van der Waals surface area contributed by atoms with E-state index in [1.54, 1.807) is 12.1 Å². The van der Waals surface area contributed by atoms with E-state index in [1.165, 1.54) is 0 Å². The fourth-order valence-corrected chi connectivity index (χ4v) is 1.68. The monoisotopic (exact) mass is 264 g/mol. The second-order valence-corrected chi connectivity index (χ2v) is 4.75. The highest BCUT2D eigenvalue weighted by molar-refractivity contribution is 5.92. The van der Waals surface area contributed by atoms with Gasteiger partial charge in [-0.3, -0.25) is 4.79 Å². The Morgan fingerprint density at radius 2 is 2.05 bits per heavy atom. The molecule has 0 aliphatic heterocycles. The minimum absolute atomic E-state index is 0.154. The van der Waals surface area contributed by atoms with Gasteiger partial charge >= 0.3 is 0 Å². The van der Waals surface area contributed by atoms with Gasteiger partial charge in [-0.25, -0.2) is 0 Å². The van der Waals surface area contributed by atoms with E-state index in [9.17, 15) is 4.79 Å². The molecule has 2 N–H and O–H groups in total. The largest absolute Gasteiger partial charge is 0.369 e. The molecule has 0 aliphatic carbocycles. The van der Waals surface area contributed by atoms with E-state index in [0.29, 0.717) is 11.5 Å². The highest BCUT2D eigenvalue weighted by Crippen LogP contribution is 2.04. The van der Waals surface area contributed by atoms with Crippen LogP contribution in [0.5, 0.6) is 0 Å². The summed E-state index contributed by atoms with van der Waals surface area (Å²) in [7, 11) is 0. The van der Waals surface area contributed by atoms with Crippen LogP contribution >= 0.6 is 0 Å². The Labute approximate surface area is 115 Å². The van der Waals surface area contributed by atoms with Gasteiger partial charge in [0.2, 0.25) is 0 Å². The zero-order chi connectivity index (χ0) is 14.1. The molecule has 5 heteroatoms. The van der Waals surface area contributed by atoms with E-state index >= 15 is 0 Å². The SMILES string of the molecule is CCCCC(C)NC(=O)c1ccc(NCCC)nn1. The first kappa shape index (κ1) is 15.4. The molecular weight excluding hydrogens is 240 g/mol. The average molecular weight is 264 g/mol. The first-order valence-corrected chi connectivity index (χ1v) is 7.05. The fraction of sp³-hybridized carbons (Fsp3) is 0.643. The first-order chi connectivity index (χ1) is 9.17. The number of carbonyl (C=O) groups is 1. The lowest BCUT2D eigenvalue weighted by Gasteiger charge is -2.12. The van der Waals surface area contributed by atoms with Crippen LogP contribution in [0.25, 0.3) is 0 Å². The number of rotatable bonds is 8. The van der Waals surface area contributed by atoms with Gasteiger partial charge in [-0.05, 0) is 31.9 Å². The van der Waals surface area contributed by atoms with Crippen LogP contribution in [0.15, 0.2) is 12.1 Å². The molecule has 0 spiro atoms. The minimum atomic E-state index is -0.154. The van der Waals surface area contributed by atoms with E-state index in [-0.39, 0.29) is 11.9 Å². The van der Waals surface area contributed by atoms with Crippen molar-refractivity contribution in [1.82, 2.24) is 15.5 Å². The summed E-state index contributed by atoms with van der Waals surface area (Å²) in [5.41, 5.74) is 0.366. The van der Waals surface area contributed by atoms with Gasteiger partial charge in [0, 0.05) is 12.6 Å². The number of carbonyl (C=O) groups excluding carboxylic acids is 1. The van der Waals surface area contributed by atoms with E-state index in [4.69, 9.17) is 0 Å². The average Bonchev–Trinajstić information content (AvgIpc) is 2.43. The summed E-state index contributed by atoms with van der Waals surface area (Å²) in [4.78, 5) is 11.9. The van der Waals surface area contributed by atoms with Crippen LogP contribution in [0.4, 0.5) is 5.82 Å². The highest BCUT2D eigenvalue weighted by Gasteiger charge is 2.11. The zero-order valence-corrected chi connectivity index (χ0v) is 12.1. The molecule has 0 bridgehead atoms. The number of unbranched alkanes of at least 4 members (excludes halogenated alkanes) is 1. The molecule has 1 aromatic rings. The third-order valence-corrected chi connectivity index (χ3v) is 2.82. The Hall–Kier alpha value is -1.65. The van der Waals surface area contributed by atoms with E-state index in [0.717, 1.165) is 32.2 Å². The summed E-state index contributed by atoms with van der Waals surface area (Å²) in [6.45, 7) is 7.09. The van der Waals surface area contributed by atoms with Crippen LogP contribution in [-0.4, -0.2) is 28.7 Å². The normalized spacial score (nSPS) is 11.9. The number of nitrogens with one attached hydrogen (secondary N) is 2. The number of hydrogen-bond donors (Lipinski definition) is 2. The van der Waals surface area contributed by atoms with Crippen LogP contribution in [0.1, 0.15) is 56.9 Å². The molecule has 0 aliphatic rings. The maximum Gasteiger partial charge on any atom is 0.272 e. The lowest BCUT2D eigenvalue weighted by Crippen LogP contribution is -2.33. The molecule has 0 aromatic carbocycles. The molecule has 19 heavy (non-hydrogen) atoms. The van der Waals surface area contributed by atoms with Gasteiger partial charge in [0.05, 0.1) is 0 Å². The van der Waals surface area contributed by atoms with Gasteiger partial charge < -0.3 is 10.6 Å². The Morgan fingerprint density at radius 3 is 2.63 bits per heavy atom. The highest BCUT2D eigenvalue weighted by atomic mass is 16.2. The lowest BCUT2D eigenvalue weighted by molar-refractivity contribution is 0.0932. The van der Waals surface area contributed by atoms with Crippen LogP contribution in [0.2, 0.25) is 0 Å². The Bertz CT molecular complexity index is 378. The van der Waals surface area contributed by atoms with Crippen LogP contribution in [0, 0.1) is 0 Å². The Balaban J connectivity index is 2.48. The Kier molecular flexibility index (Phi) is 6.85. The second-order valence-electron chi connectivity index (χ2n) is 4.75. The maximum absolute atomic E-state index is 11.9. The van der Waals surface area contributed by atoms with E-state index in [2.05, 4.69) is 34.7 Å². The molecule has 1 heterocycles. The molecule has 1 atom stereocenters. The number of aromatic nitrogens is 2. The molecule has 106 valence electrons. The molecule has 5 nitrogen and oxygen atoms in total. The third kappa shape index (κ3) is 5.68. The Morgan fingerprint density at radius 1 is 1.26 bits per heavy atom. The summed E-state index contributed by atoms with van der Waals surface area (Å²) in [6.07, 6.45) is 4.27. The molecule has 1 amide bonds. The number of nitrogens with zero attached hydrogens (tertiary/aromatic N) is 2. The lowest BCUT2D eigenvalue weighted by atomic mass is 10.1. The van der Waals surface area contributed by atoms with Crippen molar-refractivity contribution in [2.75, 3.05) is 11.9 Å². The summed E-state index contributed by atoms with van der Waals surface area (Å²) in [5, 5.41) is 14.0. The predicted molar refractivity (Wildman–Crippen MR) is 77.3 cm³/mol. The summed E-state index contributed by atoms with van der Waals surface area (Å²) < 4.78 is 0. The van der Waals surface area contributed by atoms with Gasteiger partial charge in [-0.1, -0.05) is 26.7 Å². The number of anilines is 1. The zero-order valence-electron chi connectivity index (χ0n) is 12.1. The topological polar surface area (TPSA) is 66.9 Å². The van der Waals surface area contributed by atoms with Gasteiger partial charge in [0.25, 0.3) is 5.91 Å². The van der Waals surface area contributed by atoms with Crippen LogP contribution < -0.4 is 10.6 Å². The molecule has 1 unspecified atom stereocenters. The number of amides is 1. The molecule has 1 aromatic heterocycles. The van der Waals surface area contributed by atoms with Crippen molar-refractivity contribution in [1.29, 1.82) is 0 Å². The summed E-state index contributed by atoms with van der Waals surface area (Å²) >= 11 is 0. The quantitative estimate of drug-likeness (QED) is 0.757. The third-order valence-electron chi connectivity index (χ3n) is 2.82. The van der Waals surface area contributed by atoms with Crippen molar-refractivity contribution >= 4 is 11.7 Å². The van der Waals surface area contributed by atoms with Crippen molar-refractivity contribution in [2.24, 2.45) is 0 Å². The smallest absolute Gasteiger partial charge is 0.272 e. The maximum atomic E-state index is 11.9.